The number of carbonyl (C=O) groups excluding carboxylic acids is 2. The largest absolute Gasteiger partial charge is 0.493 e. The number of ether oxygens (including phenoxy) is 4. The standard InChI is InChI=1S/C30H36N4O6/c1-20-15-21(2)34(31-20)19-28(35)32-11-12-39-13-14-40-24-7-5-22(6-8-24)30-25-17-27(38-4)26(37-3)16-23(25)9-10-33(30)29(36)18-32/h5-8,15-17,30H,9-14,18-19H2,1-4H3. The molecule has 10 nitrogen and oxygen atoms in total. The van der Waals surface area contributed by atoms with Gasteiger partial charge in [0, 0.05) is 18.8 Å². The molecule has 6 rings (SSSR count). The van der Waals surface area contributed by atoms with Gasteiger partial charge in [-0.15, -0.1) is 0 Å². The number of hydrogen-bond acceptors (Lipinski definition) is 7. The molecule has 1 unspecified atom stereocenters. The Kier molecular flexibility index (Phi) is 8.25. The van der Waals surface area contributed by atoms with Crippen molar-refractivity contribution in [2.24, 2.45) is 0 Å². The van der Waals surface area contributed by atoms with E-state index in [0.29, 0.717) is 44.3 Å². The summed E-state index contributed by atoms with van der Waals surface area (Å²) in [6, 6.07) is 13.3. The van der Waals surface area contributed by atoms with Gasteiger partial charge in [-0.25, -0.2) is 0 Å². The fourth-order valence-corrected chi connectivity index (χ4v) is 5.42. The van der Waals surface area contributed by atoms with Gasteiger partial charge in [-0.2, -0.15) is 5.10 Å². The smallest absolute Gasteiger partial charge is 0.244 e. The second kappa shape index (κ2) is 12.0. The molecule has 2 amide bonds. The van der Waals surface area contributed by atoms with Crippen LogP contribution < -0.4 is 14.2 Å². The molecule has 3 aliphatic heterocycles. The molecule has 3 aromatic rings. The Morgan fingerprint density at radius 2 is 1.75 bits per heavy atom. The van der Waals surface area contributed by atoms with E-state index in [-0.39, 0.29) is 37.5 Å². The summed E-state index contributed by atoms with van der Waals surface area (Å²) in [5.74, 6) is 1.66. The van der Waals surface area contributed by atoms with Crippen molar-refractivity contribution in [3.8, 4) is 17.2 Å². The second-order valence-corrected chi connectivity index (χ2v) is 10.1. The predicted octanol–water partition coefficient (Wildman–Crippen LogP) is 2.93. The van der Waals surface area contributed by atoms with Gasteiger partial charge in [0.2, 0.25) is 11.8 Å². The molecule has 2 bridgehead atoms. The van der Waals surface area contributed by atoms with Crippen molar-refractivity contribution >= 4 is 11.8 Å². The van der Waals surface area contributed by atoms with Gasteiger partial charge in [-0.05, 0) is 67.3 Å². The summed E-state index contributed by atoms with van der Waals surface area (Å²) in [6.45, 7) is 5.64. The number of carbonyl (C=O) groups is 2. The Balaban J connectivity index is 1.50. The molecule has 10 heteroatoms. The average molecular weight is 549 g/mol. The van der Waals surface area contributed by atoms with Gasteiger partial charge < -0.3 is 28.7 Å². The van der Waals surface area contributed by atoms with Gasteiger partial charge in [0.25, 0.3) is 0 Å². The Labute approximate surface area is 234 Å². The Hall–Kier alpha value is -4.05. The van der Waals surface area contributed by atoms with Gasteiger partial charge >= 0.3 is 0 Å². The zero-order valence-corrected chi connectivity index (χ0v) is 23.5. The molecule has 0 fully saturated rings. The van der Waals surface area contributed by atoms with Crippen LogP contribution in [0.1, 0.15) is 34.1 Å². The van der Waals surface area contributed by atoms with Crippen LogP contribution in [0.2, 0.25) is 0 Å². The summed E-state index contributed by atoms with van der Waals surface area (Å²) in [5, 5.41) is 4.43. The highest BCUT2D eigenvalue weighted by atomic mass is 16.5. The second-order valence-electron chi connectivity index (χ2n) is 10.1. The van der Waals surface area contributed by atoms with Crippen LogP contribution in [0.5, 0.6) is 17.2 Å². The number of fused-ring (bicyclic) bond motifs is 11. The normalized spacial score (nSPS) is 17.8. The fourth-order valence-electron chi connectivity index (χ4n) is 5.42. The number of nitrogens with zero attached hydrogens (tertiary/aromatic N) is 4. The van der Waals surface area contributed by atoms with Crippen molar-refractivity contribution in [2.45, 2.75) is 32.9 Å². The van der Waals surface area contributed by atoms with E-state index in [1.165, 1.54) is 0 Å². The maximum atomic E-state index is 14.0. The Morgan fingerprint density at radius 3 is 2.45 bits per heavy atom. The Bertz CT molecular complexity index is 1370. The van der Waals surface area contributed by atoms with Crippen molar-refractivity contribution in [3.05, 3.63) is 70.5 Å². The topological polar surface area (TPSA) is 95.4 Å². The molecule has 0 saturated heterocycles. The van der Waals surface area contributed by atoms with E-state index >= 15 is 0 Å². The number of rotatable bonds is 4. The van der Waals surface area contributed by atoms with Gasteiger partial charge in [0.1, 0.15) is 18.9 Å². The first kappa shape index (κ1) is 27.5. The summed E-state index contributed by atoms with van der Waals surface area (Å²) in [5.41, 5.74) is 4.74. The van der Waals surface area contributed by atoms with Crippen LogP contribution in [-0.4, -0.2) is 85.1 Å². The quantitative estimate of drug-likeness (QED) is 0.463. The van der Waals surface area contributed by atoms with E-state index in [1.807, 2.05) is 61.2 Å². The molecule has 0 spiro atoms. The molecule has 3 aliphatic rings. The fraction of sp³-hybridized carbons (Fsp3) is 0.433. The summed E-state index contributed by atoms with van der Waals surface area (Å²) in [7, 11) is 3.22. The lowest BCUT2D eigenvalue weighted by atomic mass is 9.87. The van der Waals surface area contributed by atoms with E-state index in [4.69, 9.17) is 18.9 Å². The van der Waals surface area contributed by atoms with E-state index in [9.17, 15) is 9.59 Å². The third-order valence-electron chi connectivity index (χ3n) is 7.46. The first-order valence-corrected chi connectivity index (χ1v) is 13.5. The number of methoxy groups -OCH3 is 2. The average Bonchev–Trinajstić information content (AvgIpc) is 3.27. The minimum Gasteiger partial charge on any atom is -0.493 e. The van der Waals surface area contributed by atoms with Crippen molar-refractivity contribution in [2.75, 3.05) is 53.7 Å². The molecule has 1 aromatic heterocycles. The molecule has 0 saturated carbocycles. The van der Waals surface area contributed by atoms with Crippen LogP contribution in [0.15, 0.2) is 42.5 Å². The molecule has 0 radical (unpaired) electrons. The Morgan fingerprint density at radius 1 is 1.00 bits per heavy atom. The molecular weight excluding hydrogens is 512 g/mol. The van der Waals surface area contributed by atoms with E-state index in [2.05, 4.69) is 5.10 Å². The molecule has 4 heterocycles. The van der Waals surface area contributed by atoms with Crippen LogP contribution in [0.3, 0.4) is 0 Å². The predicted molar refractivity (Wildman–Crippen MR) is 148 cm³/mol. The van der Waals surface area contributed by atoms with E-state index in [1.54, 1.807) is 23.8 Å². The van der Waals surface area contributed by atoms with Crippen molar-refractivity contribution in [1.82, 2.24) is 19.6 Å². The summed E-state index contributed by atoms with van der Waals surface area (Å²) >= 11 is 0. The highest BCUT2D eigenvalue weighted by Gasteiger charge is 2.34. The van der Waals surface area contributed by atoms with Crippen molar-refractivity contribution in [3.63, 3.8) is 0 Å². The molecule has 0 aliphatic carbocycles. The molecule has 2 aromatic carbocycles. The summed E-state index contributed by atoms with van der Waals surface area (Å²) in [4.78, 5) is 30.9. The zero-order chi connectivity index (χ0) is 28.2. The van der Waals surface area contributed by atoms with Crippen LogP contribution in [0.25, 0.3) is 0 Å². The van der Waals surface area contributed by atoms with Gasteiger partial charge in [-0.1, -0.05) is 12.1 Å². The molecule has 40 heavy (non-hydrogen) atoms. The van der Waals surface area contributed by atoms with Gasteiger partial charge in [0.15, 0.2) is 11.5 Å². The molecule has 0 N–H and O–H groups in total. The summed E-state index contributed by atoms with van der Waals surface area (Å²) < 4.78 is 24.4. The highest BCUT2D eigenvalue weighted by Crippen LogP contribution is 2.41. The third-order valence-corrected chi connectivity index (χ3v) is 7.46. The summed E-state index contributed by atoms with van der Waals surface area (Å²) in [6.07, 6.45) is 0.655. The van der Waals surface area contributed by atoms with Gasteiger partial charge in [-0.3, -0.25) is 14.3 Å². The number of benzene rings is 2. The first-order chi connectivity index (χ1) is 19.4. The maximum absolute atomic E-state index is 14.0. The van der Waals surface area contributed by atoms with Gasteiger partial charge in [0.05, 0.1) is 45.7 Å². The van der Waals surface area contributed by atoms with E-state index < -0.39 is 0 Å². The van der Waals surface area contributed by atoms with Crippen LogP contribution >= 0.6 is 0 Å². The zero-order valence-electron chi connectivity index (χ0n) is 23.5. The molecule has 1 atom stereocenters. The van der Waals surface area contributed by atoms with Crippen LogP contribution in [-0.2, 0) is 27.3 Å². The van der Waals surface area contributed by atoms with E-state index in [0.717, 1.165) is 33.8 Å². The number of hydrogen-bond donors (Lipinski definition) is 0. The monoisotopic (exact) mass is 548 g/mol. The lowest BCUT2D eigenvalue weighted by Gasteiger charge is -2.39. The number of aryl methyl sites for hydroxylation is 2. The number of amides is 2. The SMILES string of the molecule is COc1cc2c(cc1OC)C1c3ccc(cc3)OCCOCCN(C(=O)Cn3nc(C)cc3C)CC(=O)N1CC2. The lowest BCUT2D eigenvalue weighted by molar-refractivity contribution is -0.142. The minimum absolute atomic E-state index is 0.0560. The molecular formula is C30H36N4O6. The number of aromatic nitrogens is 2. The minimum atomic E-state index is -0.362. The van der Waals surface area contributed by atoms with Crippen LogP contribution in [0.4, 0.5) is 0 Å². The third kappa shape index (κ3) is 5.77. The molecule has 212 valence electrons. The van der Waals surface area contributed by atoms with Crippen molar-refractivity contribution in [1.29, 1.82) is 0 Å². The maximum Gasteiger partial charge on any atom is 0.244 e. The lowest BCUT2D eigenvalue weighted by Crippen LogP contribution is -2.48. The van der Waals surface area contributed by atoms with Crippen molar-refractivity contribution < 1.29 is 28.5 Å². The highest BCUT2D eigenvalue weighted by molar-refractivity contribution is 5.85. The first-order valence-electron chi connectivity index (χ1n) is 13.5. The van der Waals surface area contributed by atoms with Crippen LogP contribution in [0, 0.1) is 13.8 Å².